The summed E-state index contributed by atoms with van der Waals surface area (Å²) < 4.78 is 0. The molecule has 1 aromatic carbocycles. The predicted octanol–water partition coefficient (Wildman–Crippen LogP) is 1.25. The maximum atomic E-state index is 13.1. The number of carboxylic acids is 1. The van der Waals surface area contributed by atoms with Crippen LogP contribution in [0.5, 0.6) is 0 Å². The van der Waals surface area contributed by atoms with Gasteiger partial charge >= 0.3 is 5.97 Å². The summed E-state index contributed by atoms with van der Waals surface area (Å²) >= 11 is 0. The Morgan fingerprint density at radius 2 is 1.72 bits per heavy atom. The lowest BCUT2D eigenvalue weighted by molar-refractivity contribution is -0.130. The highest BCUT2D eigenvalue weighted by Gasteiger charge is 2.28. The van der Waals surface area contributed by atoms with E-state index in [4.69, 9.17) is 10.8 Å². The number of benzene rings is 1. The highest BCUT2D eigenvalue weighted by molar-refractivity contribution is 6.16. The Morgan fingerprint density at radius 3 is 2.22 bits per heavy atom. The number of nitrogens with one attached hydrogen (secondary N) is 2. The van der Waals surface area contributed by atoms with E-state index in [1.807, 2.05) is 0 Å². The van der Waals surface area contributed by atoms with Crippen molar-refractivity contribution in [2.45, 2.75) is 39.2 Å². The maximum Gasteiger partial charge on any atom is 0.341 e. The Morgan fingerprint density at radius 1 is 1.06 bits per heavy atom. The van der Waals surface area contributed by atoms with E-state index in [-0.39, 0.29) is 11.5 Å². The number of nitrogens with two attached hydrogens (primary N) is 1. The van der Waals surface area contributed by atoms with E-state index in [1.54, 1.807) is 12.1 Å². The van der Waals surface area contributed by atoms with Gasteiger partial charge in [-0.05, 0) is 55.6 Å². The normalized spacial score (nSPS) is 11.5. The number of aromatic amines is 1. The van der Waals surface area contributed by atoms with Crippen LogP contribution in [-0.2, 0) is 14.4 Å². The third-order valence-corrected chi connectivity index (χ3v) is 4.73. The molecule has 0 radical (unpaired) electrons. The van der Waals surface area contributed by atoms with Crippen molar-refractivity contribution in [3.8, 4) is 11.3 Å². The summed E-state index contributed by atoms with van der Waals surface area (Å²) in [5, 5.41) is 11.6. The summed E-state index contributed by atoms with van der Waals surface area (Å²) in [6.45, 7) is 3.00. The van der Waals surface area contributed by atoms with Gasteiger partial charge in [-0.1, -0.05) is 12.1 Å². The molecule has 0 saturated heterocycles. The molecule has 0 aliphatic heterocycles. The number of imide groups is 1. The molecule has 10 heteroatoms. The summed E-state index contributed by atoms with van der Waals surface area (Å²) in [6.07, 6.45) is 1.63. The van der Waals surface area contributed by atoms with Gasteiger partial charge in [0, 0.05) is 19.5 Å². The molecule has 170 valence electrons. The van der Waals surface area contributed by atoms with Gasteiger partial charge in [0.15, 0.2) is 0 Å². The standard InChI is InChI=1S/C22H26N4O6/c1-13(27)24-19(5-3-4-12-23)21(30)26(14(2)28)16-8-6-15(7-9-16)18-11-10-17(22(31)32)20(29)25-18/h6-11,19H,3-5,12,23H2,1-2H3,(H,24,27)(H,25,29)(H,31,32)/t19-/m0/s1. The Bertz CT molecular complexity index is 1060. The highest BCUT2D eigenvalue weighted by Crippen LogP contribution is 2.23. The van der Waals surface area contributed by atoms with Crippen LogP contribution in [0.4, 0.5) is 5.69 Å². The number of unbranched alkanes of at least 4 members (excludes halogenated alkanes) is 1. The van der Waals surface area contributed by atoms with Crippen molar-refractivity contribution in [1.29, 1.82) is 0 Å². The van der Waals surface area contributed by atoms with E-state index in [9.17, 15) is 24.0 Å². The minimum atomic E-state index is -1.33. The van der Waals surface area contributed by atoms with Gasteiger partial charge < -0.3 is 21.1 Å². The Hall–Kier alpha value is -3.79. The number of H-pyrrole nitrogens is 1. The SMILES string of the molecule is CC(=O)N[C@@H](CCCCN)C(=O)N(C(C)=O)c1ccc(-c2ccc(C(=O)O)c(=O)[nH]2)cc1. The van der Waals surface area contributed by atoms with Crippen molar-refractivity contribution < 1.29 is 24.3 Å². The quantitative estimate of drug-likeness (QED) is 0.425. The number of carbonyl (C=O) groups is 4. The molecular formula is C22H26N4O6. The van der Waals surface area contributed by atoms with Gasteiger partial charge in [-0.3, -0.25) is 19.2 Å². The number of carbonyl (C=O) groups excluding carboxylic acids is 3. The zero-order chi connectivity index (χ0) is 23.8. The number of aromatic carboxylic acids is 1. The summed E-state index contributed by atoms with van der Waals surface area (Å²) in [6, 6.07) is 8.03. The predicted molar refractivity (Wildman–Crippen MR) is 118 cm³/mol. The van der Waals surface area contributed by atoms with Crippen LogP contribution in [0, 0.1) is 0 Å². The topological polar surface area (TPSA) is 163 Å². The summed E-state index contributed by atoms with van der Waals surface area (Å²) in [5.41, 5.74) is 5.61. The van der Waals surface area contributed by atoms with Gasteiger partial charge in [0.05, 0.1) is 5.69 Å². The molecule has 1 atom stereocenters. The average Bonchev–Trinajstić information content (AvgIpc) is 2.73. The molecule has 2 aromatic rings. The number of hydrogen-bond donors (Lipinski definition) is 4. The third-order valence-electron chi connectivity index (χ3n) is 4.73. The van der Waals surface area contributed by atoms with Crippen molar-refractivity contribution in [1.82, 2.24) is 10.3 Å². The second-order valence-corrected chi connectivity index (χ2v) is 7.20. The monoisotopic (exact) mass is 442 g/mol. The zero-order valence-electron chi connectivity index (χ0n) is 17.9. The number of anilines is 1. The van der Waals surface area contributed by atoms with Gasteiger partial charge in [0.1, 0.15) is 11.6 Å². The lowest BCUT2D eigenvalue weighted by atomic mass is 10.1. The molecule has 0 unspecified atom stereocenters. The molecule has 0 aliphatic rings. The Kier molecular flexibility index (Phi) is 8.42. The molecule has 3 amide bonds. The van der Waals surface area contributed by atoms with Crippen LogP contribution in [0.15, 0.2) is 41.2 Å². The molecule has 0 aliphatic carbocycles. The number of pyridine rings is 1. The second-order valence-electron chi connectivity index (χ2n) is 7.20. The van der Waals surface area contributed by atoms with E-state index in [2.05, 4.69) is 10.3 Å². The van der Waals surface area contributed by atoms with E-state index in [1.165, 1.54) is 38.1 Å². The summed E-state index contributed by atoms with van der Waals surface area (Å²) in [4.78, 5) is 63.3. The molecule has 0 spiro atoms. The number of amides is 3. The number of hydrogen-bond acceptors (Lipinski definition) is 6. The number of aromatic nitrogens is 1. The first-order valence-electron chi connectivity index (χ1n) is 10.0. The smallest absolute Gasteiger partial charge is 0.341 e. The second kappa shape index (κ2) is 11.0. The molecule has 2 rings (SSSR count). The van der Waals surface area contributed by atoms with Crippen molar-refractivity contribution >= 4 is 29.4 Å². The van der Waals surface area contributed by atoms with Crippen LogP contribution in [0.3, 0.4) is 0 Å². The minimum Gasteiger partial charge on any atom is -0.477 e. The van der Waals surface area contributed by atoms with Gasteiger partial charge in [-0.25, -0.2) is 9.69 Å². The van der Waals surface area contributed by atoms with E-state index in [0.29, 0.717) is 42.8 Å². The van der Waals surface area contributed by atoms with Gasteiger partial charge in [0.25, 0.3) is 11.5 Å². The number of nitrogens with zero attached hydrogens (tertiary/aromatic N) is 1. The van der Waals surface area contributed by atoms with Crippen molar-refractivity contribution in [2.24, 2.45) is 5.73 Å². The third kappa shape index (κ3) is 6.11. The Labute approximate surface area is 184 Å². The number of rotatable bonds is 9. The zero-order valence-corrected chi connectivity index (χ0v) is 17.9. The molecule has 5 N–H and O–H groups in total. The average molecular weight is 442 g/mol. The van der Waals surface area contributed by atoms with E-state index in [0.717, 1.165) is 4.90 Å². The van der Waals surface area contributed by atoms with Crippen molar-refractivity contribution in [2.75, 3.05) is 11.4 Å². The largest absolute Gasteiger partial charge is 0.477 e. The van der Waals surface area contributed by atoms with Crippen molar-refractivity contribution in [3.63, 3.8) is 0 Å². The first kappa shape index (κ1) is 24.5. The van der Waals surface area contributed by atoms with Gasteiger partial charge in [0.2, 0.25) is 11.8 Å². The first-order chi connectivity index (χ1) is 15.1. The van der Waals surface area contributed by atoms with Crippen LogP contribution in [-0.4, -0.2) is 46.4 Å². The van der Waals surface area contributed by atoms with Crippen LogP contribution in [0.25, 0.3) is 11.3 Å². The summed E-state index contributed by atoms with van der Waals surface area (Å²) in [5.74, 6) is -2.79. The van der Waals surface area contributed by atoms with E-state index >= 15 is 0 Å². The number of carboxylic acid groups (broad SMARTS) is 1. The molecule has 10 nitrogen and oxygen atoms in total. The molecule has 32 heavy (non-hydrogen) atoms. The fourth-order valence-electron chi connectivity index (χ4n) is 3.22. The van der Waals surface area contributed by atoms with Gasteiger partial charge in [-0.2, -0.15) is 0 Å². The summed E-state index contributed by atoms with van der Waals surface area (Å²) in [7, 11) is 0. The minimum absolute atomic E-state index is 0.296. The molecular weight excluding hydrogens is 416 g/mol. The Balaban J connectivity index is 2.31. The fraction of sp³-hybridized carbons (Fsp3) is 0.318. The van der Waals surface area contributed by atoms with Crippen LogP contribution in [0.1, 0.15) is 43.5 Å². The van der Waals surface area contributed by atoms with Crippen molar-refractivity contribution in [3.05, 3.63) is 52.3 Å². The van der Waals surface area contributed by atoms with Crippen LogP contribution >= 0.6 is 0 Å². The van der Waals surface area contributed by atoms with Crippen LogP contribution in [0.2, 0.25) is 0 Å². The fourth-order valence-corrected chi connectivity index (χ4v) is 3.22. The molecule has 0 fully saturated rings. The van der Waals surface area contributed by atoms with E-state index < -0.39 is 29.4 Å². The lowest BCUT2D eigenvalue weighted by Crippen LogP contribution is -2.50. The van der Waals surface area contributed by atoms with Gasteiger partial charge in [-0.15, -0.1) is 0 Å². The van der Waals surface area contributed by atoms with Crippen LogP contribution < -0.4 is 21.5 Å². The first-order valence-corrected chi connectivity index (χ1v) is 10.0. The maximum absolute atomic E-state index is 13.1. The molecule has 0 bridgehead atoms. The lowest BCUT2D eigenvalue weighted by Gasteiger charge is -2.25. The molecule has 1 heterocycles. The molecule has 0 saturated carbocycles. The highest BCUT2D eigenvalue weighted by atomic mass is 16.4. The molecule has 1 aromatic heterocycles.